The number of hydrogen-bond acceptors (Lipinski definition) is 6. The molecular formula is C23H26N4O3. The number of nitrogens with one attached hydrogen (secondary N) is 2. The second-order valence-corrected chi connectivity index (χ2v) is 8.11. The maximum atomic E-state index is 11.0. The van der Waals surface area contributed by atoms with E-state index < -0.39 is 12.5 Å². The maximum absolute atomic E-state index is 11.0. The summed E-state index contributed by atoms with van der Waals surface area (Å²) in [5.74, 6) is 1.11. The van der Waals surface area contributed by atoms with Crippen molar-refractivity contribution in [2.24, 2.45) is 0 Å². The van der Waals surface area contributed by atoms with Gasteiger partial charge in [0.1, 0.15) is 5.82 Å². The van der Waals surface area contributed by atoms with E-state index in [0.717, 1.165) is 29.7 Å². The Labute approximate surface area is 175 Å². The Balaban J connectivity index is 1.42. The minimum atomic E-state index is -1.09. The van der Waals surface area contributed by atoms with Gasteiger partial charge in [-0.15, -0.1) is 5.10 Å². The number of anilines is 1. The second-order valence-electron chi connectivity index (χ2n) is 8.11. The van der Waals surface area contributed by atoms with Crippen LogP contribution in [0.15, 0.2) is 54.6 Å². The molecule has 2 aliphatic rings. The Morgan fingerprint density at radius 1 is 1.13 bits per heavy atom. The Hall–Kier alpha value is -2.87. The quantitative estimate of drug-likeness (QED) is 0.471. The molecule has 7 heteroatoms. The smallest absolute Gasteiger partial charge is 0.238 e. The van der Waals surface area contributed by atoms with Crippen LogP contribution in [0.1, 0.15) is 35.6 Å². The predicted molar refractivity (Wildman–Crippen MR) is 114 cm³/mol. The van der Waals surface area contributed by atoms with E-state index in [1.165, 1.54) is 5.56 Å². The molecule has 5 rings (SSSR count). The molecule has 1 saturated carbocycles. The third-order valence-electron chi connectivity index (χ3n) is 6.39. The largest absolute Gasteiger partial charge is 0.480 e. The van der Waals surface area contributed by atoms with Gasteiger partial charge in [-0.05, 0) is 43.0 Å². The Bertz CT molecular complexity index is 1060. The fraction of sp³-hybridized carbons (Fsp3) is 0.348. The molecule has 0 amide bonds. The number of nitrogens with zero attached hydrogens (tertiary/aromatic N) is 2. The highest BCUT2D eigenvalue weighted by atomic mass is 16.5. The SMILES string of the molecule is COc1nn(-c2ccccc2)c(NC(O)NC2c3ccccc3C3(CC3)[C@H]2O)c1C. The second kappa shape index (κ2) is 7.12. The van der Waals surface area contributed by atoms with E-state index in [-0.39, 0.29) is 11.5 Å². The summed E-state index contributed by atoms with van der Waals surface area (Å²) in [7, 11) is 1.57. The fourth-order valence-corrected chi connectivity index (χ4v) is 4.69. The summed E-state index contributed by atoms with van der Waals surface area (Å²) in [6, 6.07) is 17.4. The van der Waals surface area contributed by atoms with Crippen molar-refractivity contribution in [1.82, 2.24) is 15.1 Å². The molecule has 0 radical (unpaired) electrons. The van der Waals surface area contributed by atoms with E-state index in [1.54, 1.807) is 11.8 Å². The Kier molecular flexibility index (Phi) is 4.54. The molecule has 0 saturated heterocycles. The van der Waals surface area contributed by atoms with Gasteiger partial charge in [0, 0.05) is 5.41 Å². The Morgan fingerprint density at radius 2 is 1.83 bits per heavy atom. The van der Waals surface area contributed by atoms with Gasteiger partial charge in [-0.1, -0.05) is 42.5 Å². The number of aromatic nitrogens is 2. The van der Waals surface area contributed by atoms with Crippen molar-refractivity contribution in [3.05, 3.63) is 71.3 Å². The summed E-state index contributed by atoms with van der Waals surface area (Å²) in [4.78, 5) is 0. The zero-order chi connectivity index (χ0) is 20.9. The van der Waals surface area contributed by atoms with Crippen molar-refractivity contribution in [3.63, 3.8) is 0 Å². The minimum absolute atomic E-state index is 0.168. The number of para-hydroxylation sites is 1. The van der Waals surface area contributed by atoms with Crippen LogP contribution in [0.4, 0.5) is 5.82 Å². The number of fused-ring (bicyclic) bond motifs is 2. The molecule has 2 unspecified atom stereocenters. The highest BCUT2D eigenvalue weighted by molar-refractivity contribution is 5.55. The number of hydrogen-bond donors (Lipinski definition) is 4. The fourth-order valence-electron chi connectivity index (χ4n) is 4.69. The minimum Gasteiger partial charge on any atom is -0.480 e. The zero-order valence-corrected chi connectivity index (χ0v) is 17.0. The Morgan fingerprint density at radius 3 is 2.53 bits per heavy atom. The molecule has 156 valence electrons. The van der Waals surface area contributed by atoms with Crippen LogP contribution in [0.3, 0.4) is 0 Å². The van der Waals surface area contributed by atoms with Gasteiger partial charge < -0.3 is 20.3 Å². The number of methoxy groups -OCH3 is 1. The standard InChI is InChI=1S/C23H26N4O3/c1-14-20(27(26-21(14)30-2)15-8-4-3-5-9-15)25-22(29)24-18-16-10-6-7-11-17(16)23(12-13-23)19(18)28/h3-11,18-19,22,24-25,28-29H,12-13H2,1-2H3/t18?,19-,22?/m0/s1. The molecule has 1 spiro atoms. The van der Waals surface area contributed by atoms with Crippen LogP contribution in [-0.2, 0) is 5.41 Å². The first kappa shape index (κ1) is 19.1. The van der Waals surface area contributed by atoms with Gasteiger partial charge in [-0.3, -0.25) is 5.32 Å². The summed E-state index contributed by atoms with van der Waals surface area (Å²) < 4.78 is 7.10. The van der Waals surface area contributed by atoms with Gasteiger partial charge in [0.25, 0.3) is 0 Å². The molecule has 3 atom stereocenters. The van der Waals surface area contributed by atoms with Crippen molar-refractivity contribution in [3.8, 4) is 11.6 Å². The molecular weight excluding hydrogens is 380 g/mol. The molecule has 1 heterocycles. The molecule has 4 N–H and O–H groups in total. The highest BCUT2D eigenvalue weighted by Crippen LogP contribution is 2.59. The third kappa shape index (κ3) is 2.89. The van der Waals surface area contributed by atoms with E-state index >= 15 is 0 Å². The molecule has 2 aliphatic carbocycles. The van der Waals surface area contributed by atoms with E-state index in [4.69, 9.17) is 4.74 Å². The molecule has 1 fully saturated rings. The van der Waals surface area contributed by atoms with Crippen LogP contribution in [-0.4, -0.2) is 39.6 Å². The molecule has 3 aromatic rings. The van der Waals surface area contributed by atoms with Gasteiger partial charge in [0.05, 0.1) is 30.5 Å². The van der Waals surface area contributed by atoms with Gasteiger partial charge in [0.2, 0.25) is 5.88 Å². The summed E-state index contributed by atoms with van der Waals surface area (Å²) >= 11 is 0. The van der Waals surface area contributed by atoms with Gasteiger partial charge in [-0.25, -0.2) is 4.68 Å². The average molecular weight is 406 g/mol. The van der Waals surface area contributed by atoms with E-state index in [9.17, 15) is 10.2 Å². The zero-order valence-electron chi connectivity index (χ0n) is 17.0. The lowest BCUT2D eigenvalue weighted by atomic mass is 9.97. The van der Waals surface area contributed by atoms with E-state index in [0.29, 0.717) is 11.7 Å². The number of benzene rings is 2. The van der Waals surface area contributed by atoms with Gasteiger partial charge >= 0.3 is 0 Å². The summed E-state index contributed by atoms with van der Waals surface area (Å²) in [5.41, 5.74) is 3.71. The lowest BCUT2D eigenvalue weighted by molar-refractivity contribution is 0.0667. The van der Waals surface area contributed by atoms with Crippen LogP contribution in [0, 0.1) is 6.92 Å². The molecule has 2 aromatic carbocycles. The van der Waals surface area contributed by atoms with Crippen LogP contribution in [0.25, 0.3) is 5.69 Å². The molecule has 1 aromatic heterocycles. The third-order valence-corrected chi connectivity index (χ3v) is 6.39. The maximum Gasteiger partial charge on any atom is 0.238 e. The number of aliphatic hydroxyl groups excluding tert-OH is 2. The normalized spacial score (nSPS) is 22.0. The summed E-state index contributed by atoms with van der Waals surface area (Å²) in [6.07, 6.45) is 0.295. The van der Waals surface area contributed by atoms with Crippen molar-refractivity contribution >= 4 is 5.82 Å². The molecule has 0 aliphatic heterocycles. The van der Waals surface area contributed by atoms with Crippen LogP contribution in [0.2, 0.25) is 0 Å². The number of rotatable bonds is 6. The van der Waals surface area contributed by atoms with Crippen molar-refractivity contribution in [2.75, 3.05) is 12.4 Å². The molecule has 7 nitrogen and oxygen atoms in total. The predicted octanol–water partition coefficient (Wildman–Crippen LogP) is 2.61. The van der Waals surface area contributed by atoms with Crippen molar-refractivity contribution in [2.45, 2.75) is 43.7 Å². The monoisotopic (exact) mass is 406 g/mol. The summed E-state index contributed by atoms with van der Waals surface area (Å²) in [5, 5.41) is 32.7. The first-order chi connectivity index (χ1) is 14.5. The van der Waals surface area contributed by atoms with Crippen LogP contribution in [0.5, 0.6) is 5.88 Å². The van der Waals surface area contributed by atoms with Crippen LogP contribution < -0.4 is 15.4 Å². The van der Waals surface area contributed by atoms with Gasteiger partial charge in [-0.2, -0.15) is 0 Å². The highest BCUT2D eigenvalue weighted by Gasteiger charge is 2.59. The molecule has 30 heavy (non-hydrogen) atoms. The first-order valence-corrected chi connectivity index (χ1v) is 10.2. The van der Waals surface area contributed by atoms with Crippen molar-refractivity contribution < 1.29 is 14.9 Å². The number of aliphatic hydroxyl groups is 2. The summed E-state index contributed by atoms with van der Waals surface area (Å²) in [6.45, 7) is 1.89. The van der Waals surface area contributed by atoms with E-state index in [1.807, 2.05) is 55.5 Å². The van der Waals surface area contributed by atoms with Crippen molar-refractivity contribution in [1.29, 1.82) is 0 Å². The average Bonchev–Trinajstić information content (AvgIpc) is 3.48. The van der Waals surface area contributed by atoms with Crippen LogP contribution >= 0.6 is 0 Å². The van der Waals surface area contributed by atoms with E-state index in [2.05, 4.69) is 21.8 Å². The lowest BCUT2D eigenvalue weighted by Gasteiger charge is -2.25. The first-order valence-electron chi connectivity index (χ1n) is 10.2. The topological polar surface area (TPSA) is 91.6 Å². The number of ether oxygens (including phenoxy) is 1. The lowest BCUT2D eigenvalue weighted by Crippen LogP contribution is -2.43. The molecule has 0 bridgehead atoms. The van der Waals surface area contributed by atoms with Gasteiger partial charge in [0.15, 0.2) is 6.35 Å².